The van der Waals surface area contributed by atoms with Crippen LogP contribution in [0.5, 0.6) is 0 Å². The Balaban J connectivity index is 2.71. The molecule has 1 rings (SSSR count). The Hall–Kier alpha value is -0.600. The minimum atomic E-state index is -1.56. The number of hydrogen-bond donors (Lipinski definition) is 4. The second-order valence-electron chi connectivity index (χ2n) is 2.82. The first kappa shape index (κ1) is 10.5. The van der Waals surface area contributed by atoms with Gasteiger partial charge in [-0.3, -0.25) is 0 Å². The lowest BCUT2D eigenvalue weighted by Gasteiger charge is -2.36. The van der Waals surface area contributed by atoms with E-state index in [1.165, 1.54) is 0 Å². The summed E-state index contributed by atoms with van der Waals surface area (Å²) in [5.41, 5.74) is 0. The molecule has 5 atom stereocenters. The zero-order valence-electron chi connectivity index (χ0n) is 6.65. The van der Waals surface area contributed by atoms with Crippen molar-refractivity contribution >= 4 is 0 Å². The summed E-state index contributed by atoms with van der Waals surface area (Å²) in [6, 6.07) is 0. The fourth-order valence-corrected chi connectivity index (χ4v) is 1.17. The molecule has 0 radical (unpaired) electrons. The maximum Gasteiger partial charge on any atom is 0.218 e. The largest absolute Gasteiger partial charge is 0.394 e. The third kappa shape index (κ3) is 1.84. The van der Waals surface area contributed by atoms with Gasteiger partial charge in [-0.15, -0.1) is 4.91 Å². The van der Waals surface area contributed by atoms with Crippen LogP contribution in [-0.4, -0.2) is 57.7 Å². The molecule has 0 aromatic carbocycles. The van der Waals surface area contributed by atoms with Crippen molar-refractivity contribution in [2.45, 2.75) is 30.6 Å². The Morgan fingerprint density at radius 1 is 1.15 bits per heavy atom. The molecule has 76 valence electrons. The molecular weight excluding hydrogens is 182 g/mol. The van der Waals surface area contributed by atoms with E-state index in [4.69, 9.17) is 20.1 Å². The van der Waals surface area contributed by atoms with E-state index in [-0.39, 0.29) is 0 Å². The molecule has 0 aromatic rings. The van der Waals surface area contributed by atoms with Crippen molar-refractivity contribution in [3.63, 3.8) is 0 Å². The van der Waals surface area contributed by atoms with E-state index in [0.717, 1.165) is 0 Å². The van der Waals surface area contributed by atoms with E-state index in [1.807, 2.05) is 0 Å². The van der Waals surface area contributed by atoms with Crippen molar-refractivity contribution in [2.24, 2.45) is 5.18 Å². The molecule has 13 heavy (non-hydrogen) atoms. The molecule has 1 heterocycles. The topological polar surface area (TPSA) is 120 Å². The average molecular weight is 193 g/mol. The Morgan fingerprint density at radius 2 is 1.77 bits per heavy atom. The van der Waals surface area contributed by atoms with Crippen LogP contribution in [0.15, 0.2) is 5.18 Å². The molecule has 0 spiro atoms. The Bertz CT molecular complexity index is 186. The molecule has 1 saturated heterocycles. The van der Waals surface area contributed by atoms with Gasteiger partial charge in [-0.2, -0.15) is 0 Å². The fourth-order valence-electron chi connectivity index (χ4n) is 1.17. The Morgan fingerprint density at radius 3 is 2.23 bits per heavy atom. The van der Waals surface area contributed by atoms with E-state index >= 15 is 0 Å². The minimum absolute atomic E-state index is 0.559. The van der Waals surface area contributed by atoms with Crippen molar-refractivity contribution in [3.8, 4) is 0 Å². The zero-order valence-corrected chi connectivity index (χ0v) is 6.65. The van der Waals surface area contributed by atoms with Crippen molar-refractivity contribution < 1.29 is 25.2 Å². The fraction of sp³-hybridized carbons (Fsp3) is 1.00. The van der Waals surface area contributed by atoms with Crippen LogP contribution >= 0.6 is 0 Å². The summed E-state index contributed by atoms with van der Waals surface area (Å²) < 4.78 is 4.69. The lowest BCUT2D eigenvalue weighted by Crippen LogP contribution is -2.57. The van der Waals surface area contributed by atoms with Crippen LogP contribution in [0.4, 0.5) is 0 Å². The van der Waals surface area contributed by atoms with Gasteiger partial charge in [0.15, 0.2) is 0 Å². The third-order valence-corrected chi connectivity index (χ3v) is 1.97. The number of aliphatic hydroxyl groups excluding tert-OH is 4. The standard InChI is InChI=1S/C6H11NO6/c8-1-2-3(9)4(10)5(11)6(7-12)13-2/h2-6,8-11H,1H2/t2?,3-,4?,5?,6?/m1/s1. The molecule has 1 aliphatic heterocycles. The Labute approximate surface area is 73.5 Å². The maximum atomic E-state index is 10.1. The van der Waals surface area contributed by atoms with Gasteiger partial charge < -0.3 is 25.2 Å². The molecule has 4 N–H and O–H groups in total. The van der Waals surface area contributed by atoms with Gasteiger partial charge in [0, 0.05) is 0 Å². The first-order valence-electron chi connectivity index (χ1n) is 3.74. The number of aliphatic hydroxyl groups is 4. The second-order valence-corrected chi connectivity index (χ2v) is 2.82. The first-order chi connectivity index (χ1) is 6.11. The first-order valence-corrected chi connectivity index (χ1v) is 3.74. The zero-order chi connectivity index (χ0) is 10.0. The highest BCUT2D eigenvalue weighted by Gasteiger charge is 2.44. The molecule has 1 fully saturated rings. The maximum absolute atomic E-state index is 10.1. The highest BCUT2D eigenvalue weighted by atomic mass is 16.6. The van der Waals surface area contributed by atoms with Crippen LogP contribution in [0.25, 0.3) is 0 Å². The average Bonchev–Trinajstić information content (AvgIpc) is 2.15. The molecule has 0 bridgehead atoms. The third-order valence-electron chi connectivity index (χ3n) is 1.97. The van der Waals surface area contributed by atoms with Crippen LogP contribution in [0.2, 0.25) is 0 Å². The molecular formula is C6H11NO6. The summed E-state index contributed by atoms with van der Waals surface area (Å²) in [7, 11) is 0. The highest BCUT2D eigenvalue weighted by molar-refractivity contribution is 4.90. The van der Waals surface area contributed by atoms with Gasteiger partial charge in [-0.25, -0.2) is 0 Å². The van der Waals surface area contributed by atoms with E-state index < -0.39 is 37.3 Å². The molecule has 7 heteroatoms. The second kappa shape index (κ2) is 4.07. The molecule has 0 saturated carbocycles. The Kier molecular flexibility index (Phi) is 3.28. The van der Waals surface area contributed by atoms with E-state index in [2.05, 4.69) is 5.18 Å². The van der Waals surface area contributed by atoms with Gasteiger partial charge in [0.05, 0.1) is 6.61 Å². The molecule has 1 aliphatic rings. The van der Waals surface area contributed by atoms with Crippen molar-refractivity contribution in [2.75, 3.05) is 6.61 Å². The summed E-state index contributed by atoms with van der Waals surface area (Å²) in [6.07, 6.45) is -7.06. The highest BCUT2D eigenvalue weighted by Crippen LogP contribution is 2.21. The molecule has 7 nitrogen and oxygen atoms in total. The van der Waals surface area contributed by atoms with E-state index in [9.17, 15) is 10.0 Å². The smallest absolute Gasteiger partial charge is 0.218 e. The number of hydrogen-bond acceptors (Lipinski definition) is 7. The SMILES string of the molecule is O=NC1OC(CO)[C@@H](O)C(O)C1O. The molecule has 0 aliphatic carbocycles. The van der Waals surface area contributed by atoms with E-state index in [0.29, 0.717) is 0 Å². The summed E-state index contributed by atoms with van der Waals surface area (Å²) in [6.45, 7) is -0.559. The van der Waals surface area contributed by atoms with Gasteiger partial charge in [0.1, 0.15) is 24.4 Å². The number of nitrogens with zero attached hydrogens (tertiary/aromatic N) is 1. The predicted molar refractivity (Wildman–Crippen MR) is 39.6 cm³/mol. The number of rotatable bonds is 2. The van der Waals surface area contributed by atoms with Gasteiger partial charge >= 0.3 is 0 Å². The van der Waals surface area contributed by atoms with Crippen LogP contribution in [-0.2, 0) is 4.74 Å². The monoisotopic (exact) mass is 193 g/mol. The summed E-state index contributed by atoms with van der Waals surface area (Å²) in [5, 5.41) is 38.5. The minimum Gasteiger partial charge on any atom is -0.394 e. The van der Waals surface area contributed by atoms with Crippen LogP contribution in [0.1, 0.15) is 0 Å². The summed E-state index contributed by atoms with van der Waals surface area (Å²) >= 11 is 0. The van der Waals surface area contributed by atoms with Crippen LogP contribution in [0.3, 0.4) is 0 Å². The van der Waals surface area contributed by atoms with Crippen LogP contribution in [0, 0.1) is 4.91 Å². The normalized spacial score (nSPS) is 46.0. The van der Waals surface area contributed by atoms with Crippen molar-refractivity contribution in [3.05, 3.63) is 4.91 Å². The van der Waals surface area contributed by atoms with Gasteiger partial charge in [0.25, 0.3) is 0 Å². The quantitative estimate of drug-likeness (QED) is 0.361. The van der Waals surface area contributed by atoms with Crippen molar-refractivity contribution in [1.82, 2.24) is 0 Å². The van der Waals surface area contributed by atoms with Crippen LogP contribution < -0.4 is 0 Å². The summed E-state index contributed by atoms with van der Waals surface area (Å²) in [4.78, 5) is 10.1. The predicted octanol–water partition coefficient (Wildman–Crippen LogP) is -2.45. The lowest BCUT2D eigenvalue weighted by molar-refractivity contribution is -0.227. The van der Waals surface area contributed by atoms with Crippen molar-refractivity contribution in [1.29, 1.82) is 0 Å². The summed E-state index contributed by atoms with van der Waals surface area (Å²) in [5.74, 6) is 0. The van der Waals surface area contributed by atoms with Gasteiger partial charge in [0.2, 0.25) is 6.23 Å². The van der Waals surface area contributed by atoms with E-state index in [1.54, 1.807) is 0 Å². The number of nitroso groups, excluding NO2 is 1. The molecule has 0 amide bonds. The van der Waals surface area contributed by atoms with Gasteiger partial charge in [-0.1, -0.05) is 0 Å². The number of ether oxygens (including phenoxy) is 1. The molecule has 4 unspecified atom stereocenters. The lowest BCUT2D eigenvalue weighted by atomic mass is 9.99. The molecule has 0 aromatic heterocycles. The van der Waals surface area contributed by atoms with Gasteiger partial charge in [-0.05, 0) is 5.18 Å².